The quantitative estimate of drug-likeness (QED) is 0.768. The van der Waals surface area contributed by atoms with E-state index in [0.29, 0.717) is 29.8 Å². The van der Waals surface area contributed by atoms with Gasteiger partial charge in [0.05, 0.1) is 17.6 Å². The molecule has 21 heavy (non-hydrogen) atoms. The number of amides is 1. The molecule has 0 bridgehead atoms. The van der Waals surface area contributed by atoms with Crippen molar-refractivity contribution in [3.8, 4) is 0 Å². The first-order chi connectivity index (χ1) is 9.62. The SMILES string of the molecule is Cc1cc(C)c(S(N)(=O)=O)cc1C(=O)NCCOC(C)C. The number of hydrogen-bond donors (Lipinski definition) is 2. The lowest BCUT2D eigenvalue weighted by Gasteiger charge is -2.12. The van der Waals surface area contributed by atoms with Crippen LogP contribution in [0.15, 0.2) is 17.0 Å². The largest absolute Gasteiger partial charge is 0.377 e. The molecular formula is C14H22N2O4S. The van der Waals surface area contributed by atoms with Gasteiger partial charge >= 0.3 is 0 Å². The Balaban J connectivity index is 2.90. The molecule has 1 rings (SSSR count). The summed E-state index contributed by atoms with van der Waals surface area (Å²) < 4.78 is 28.3. The highest BCUT2D eigenvalue weighted by Gasteiger charge is 2.17. The lowest BCUT2D eigenvalue weighted by molar-refractivity contribution is 0.0746. The van der Waals surface area contributed by atoms with Gasteiger partial charge in [0.15, 0.2) is 0 Å². The van der Waals surface area contributed by atoms with Crippen LogP contribution in [0.25, 0.3) is 0 Å². The molecule has 0 aliphatic carbocycles. The molecule has 0 atom stereocenters. The van der Waals surface area contributed by atoms with Crippen molar-refractivity contribution in [2.75, 3.05) is 13.2 Å². The molecule has 0 unspecified atom stereocenters. The molecule has 1 aromatic carbocycles. The van der Waals surface area contributed by atoms with Crippen molar-refractivity contribution in [2.24, 2.45) is 5.14 Å². The number of nitrogens with two attached hydrogens (primary N) is 1. The number of carbonyl (C=O) groups is 1. The highest BCUT2D eigenvalue weighted by atomic mass is 32.2. The molecular weight excluding hydrogens is 292 g/mol. The number of primary sulfonamides is 1. The zero-order chi connectivity index (χ0) is 16.2. The van der Waals surface area contributed by atoms with Gasteiger partial charge in [-0.2, -0.15) is 0 Å². The fourth-order valence-corrected chi connectivity index (χ4v) is 2.73. The van der Waals surface area contributed by atoms with Gasteiger partial charge in [-0.1, -0.05) is 6.07 Å². The van der Waals surface area contributed by atoms with E-state index in [1.54, 1.807) is 19.9 Å². The van der Waals surface area contributed by atoms with Crippen LogP contribution in [-0.4, -0.2) is 33.6 Å². The Morgan fingerprint density at radius 1 is 1.29 bits per heavy atom. The second kappa shape index (κ2) is 7.02. The molecule has 0 saturated carbocycles. The topological polar surface area (TPSA) is 98.5 Å². The van der Waals surface area contributed by atoms with Crippen LogP contribution in [0.4, 0.5) is 0 Å². The second-order valence-electron chi connectivity index (χ2n) is 5.15. The van der Waals surface area contributed by atoms with Gasteiger partial charge in [-0.3, -0.25) is 4.79 Å². The smallest absolute Gasteiger partial charge is 0.251 e. The van der Waals surface area contributed by atoms with Gasteiger partial charge in [-0.15, -0.1) is 0 Å². The molecule has 0 aliphatic rings. The first-order valence-electron chi connectivity index (χ1n) is 6.66. The fourth-order valence-electron chi connectivity index (χ4n) is 1.94. The summed E-state index contributed by atoms with van der Waals surface area (Å²) in [6, 6.07) is 2.96. The molecule has 118 valence electrons. The zero-order valence-electron chi connectivity index (χ0n) is 12.8. The van der Waals surface area contributed by atoms with Gasteiger partial charge < -0.3 is 10.1 Å². The Morgan fingerprint density at radius 2 is 1.90 bits per heavy atom. The Bertz CT molecular complexity index is 624. The lowest BCUT2D eigenvalue weighted by Crippen LogP contribution is -2.29. The van der Waals surface area contributed by atoms with Gasteiger partial charge in [-0.05, 0) is 44.9 Å². The summed E-state index contributed by atoms with van der Waals surface area (Å²) in [6.07, 6.45) is 0.0944. The van der Waals surface area contributed by atoms with Gasteiger partial charge in [0.1, 0.15) is 0 Å². The number of benzene rings is 1. The molecule has 7 heteroatoms. The fraction of sp³-hybridized carbons (Fsp3) is 0.500. The molecule has 3 N–H and O–H groups in total. The minimum Gasteiger partial charge on any atom is -0.377 e. The summed E-state index contributed by atoms with van der Waals surface area (Å²) in [5.41, 5.74) is 1.52. The predicted octanol–water partition coefficient (Wildman–Crippen LogP) is 1.11. The Morgan fingerprint density at radius 3 is 2.43 bits per heavy atom. The first-order valence-corrected chi connectivity index (χ1v) is 8.21. The summed E-state index contributed by atoms with van der Waals surface area (Å²) in [5, 5.41) is 7.85. The Hall–Kier alpha value is -1.44. The van der Waals surface area contributed by atoms with Crippen molar-refractivity contribution >= 4 is 15.9 Å². The maximum absolute atomic E-state index is 12.1. The van der Waals surface area contributed by atoms with Crippen molar-refractivity contribution < 1.29 is 17.9 Å². The van der Waals surface area contributed by atoms with Gasteiger partial charge in [0, 0.05) is 12.1 Å². The number of ether oxygens (including phenoxy) is 1. The van der Waals surface area contributed by atoms with E-state index < -0.39 is 10.0 Å². The van der Waals surface area contributed by atoms with Crippen LogP contribution in [-0.2, 0) is 14.8 Å². The predicted molar refractivity (Wildman–Crippen MR) is 80.7 cm³/mol. The van der Waals surface area contributed by atoms with E-state index >= 15 is 0 Å². The summed E-state index contributed by atoms with van der Waals surface area (Å²) in [6.45, 7) is 7.96. The second-order valence-corrected chi connectivity index (χ2v) is 6.68. The maximum Gasteiger partial charge on any atom is 0.251 e. The van der Waals surface area contributed by atoms with Crippen molar-refractivity contribution in [3.05, 3.63) is 28.8 Å². The average molecular weight is 314 g/mol. The number of rotatable bonds is 6. The van der Waals surface area contributed by atoms with Crippen LogP contribution < -0.4 is 10.5 Å². The van der Waals surface area contributed by atoms with Crippen molar-refractivity contribution in [1.29, 1.82) is 0 Å². The van der Waals surface area contributed by atoms with Crippen LogP contribution in [0.1, 0.15) is 35.3 Å². The molecule has 0 fully saturated rings. The van der Waals surface area contributed by atoms with Gasteiger partial charge in [-0.25, -0.2) is 13.6 Å². The standard InChI is InChI=1S/C14H22N2O4S/c1-9(2)20-6-5-16-14(17)12-8-13(21(15,18)19)11(4)7-10(12)3/h7-9H,5-6H2,1-4H3,(H,16,17)(H2,15,18,19). The van der Waals surface area contributed by atoms with Crippen molar-refractivity contribution in [3.63, 3.8) is 0 Å². The zero-order valence-corrected chi connectivity index (χ0v) is 13.6. The lowest BCUT2D eigenvalue weighted by atomic mass is 10.1. The van der Waals surface area contributed by atoms with E-state index in [1.165, 1.54) is 6.07 Å². The number of nitrogens with one attached hydrogen (secondary N) is 1. The Labute approximate surface area is 125 Å². The van der Waals surface area contributed by atoms with Crippen LogP contribution in [0.2, 0.25) is 0 Å². The summed E-state index contributed by atoms with van der Waals surface area (Å²) in [7, 11) is -3.85. The van der Waals surface area contributed by atoms with E-state index in [4.69, 9.17) is 9.88 Å². The minimum atomic E-state index is -3.85. The molecule has 6 nitrogen and oxygen atoms in total. The average Bonchev–Trinajstić information content (AvgIpc) is 2.32. The Kier molecular flexibility index (Phi) is 5.88. The van der Waals surface area contributed by atoms with E-state index in [0.717, 1.165) is 0 Å². The number of hydrogen-bond acceptors (Lipinski definition) is 4. The van der Waals surface area contributed by atoms with Crippen molar-refractivity contribution in [1.82, 2.24) is 5.32 Å². The van der Waals surface area contributed by atoms with Gasteiger partial charge in [0.25, 0.3) is 5.91 Å². The normalized spacial score (nSPS) is 11.7. The number of sulfonamides is 1. The summed E-state index contributed by atoms with van der Waals surface area (Å²) >= 11 is 0. The highest BCUT2D eigenvalue weighted by Crippen LogP contribution is 2.19. The molecule has 1 aromatic rings. The van der Waals surface area contributed by atoms with Crippen molar-refractivity contribution in [2.45, 2.75) is 38.7 Å². The molecule has 0 saturated heterocycles. The summed E-state index contributed by atoms with van der Waals surface area (Å²) in [4.78, 5) is 12.1. The highest BCUT2D eigenvalue weighted by molar-refractivity contribution is 7.89. The monoisotopic (exact) mass is 314 g/mol. The molecule has 0 aromatic heterocycles. The number of aryl methyl sites for hydroxylation is 2. The van der Waals surface area contributed by atoms with E-state index in [1.807, 2.05) is 13.8 Å². The minimum absolute atomic E-state index is 0.0309. The maximum atomic E-state index is 12.1. The van der Waals surface area contributed by atoms with E-state index in [-0.39, 0.29) is 16.9 Å². The molecule has 0 radical (unpaired) electrons. The van der Waals surface area contributed by atoms with Crippen LogP contribution in [0.3, 0.4) is 0 Å². The number of carbonyl (C=O) groups excluding carboxylic acids is 1. The third kappa shape index (κ3) is 5.11. The molecule has 1 amide bonds. The van der Waals surface area contributed by atoms with Gasteiger partial charge in [0.2, 0.25) is 10.0 Å². The molecule has 0 aliphatic heterocycles. The third-order valence-corrected chi connectivity index (χ3v) is 3.96. The van der Waals surface area contributed by atoms with Crippen LogP contribution >= 0.6 is 0 Å². The van der Waals surface area contributed by atoms with Crippen LogP contribution in [0, 0.1) is 13.8 Å². The third-order valence-electron chi connectivity index (χ3n) is 2.91. The first kappa shape index (κ1) is 17.6. The molecule has 0 spiro atoms. The van der Waals surface area contributed by atoms with Crippen LogP contribution in [0.5, 0.6) is 0 Å². The van der Waals surface area contributed by atoms with E-state index in [2.05, 4.69) is 5.32 Å². The summed E-state index contributed by atoms with van der Waals surface area (Å²) in [5.74, 6) is -0.343. The van der Waals surface area contributed by atoms with E-state index in [9.17, 15) is 13.2 Å². The molecule has 0 heterocycles.